The molecule has 0 spiro atoms. The number of nitrogens with zero attached hydrogens (tertiary/aromatic N) is 3. The van der Waals surface area contributed by atoms with Gasteiger partial charge in [0.2, 0.25) is 0 Å². The maximum absolute atomic E-state index is 10.2. The highest BCUT2D eigenvalue weighted by Gasteiger charge is 2.47. The number of hydrogen-bond acceptors (Lipinski definition) is 6. The average molecular weight is 255 g/mol. The lowest BCUT2D eigenvalue weighted by Crippen LogP contribution is -2.36. The molecule has 0 unspecified atom stereocenters. The zero-order valence-electron chi connectivity index (χ0n) is 10.4. The fourth-order valence-corrected chi connectivity index (χ4v) is 2.34. The minimum atomic E-state index is -0.769. The molecule has 1 saturated heterocycles. The van der Waals surface area contributed by atoms with Gasteiger partial charge in [-0.2, -0.15) is 0 Å². The van der Waals surface area contributed by atoms with Gasteiger partial charge in [0, 0.05) is 0 Å². The number of ether oxygens (including phenoxy) is 3. The van der Waals surface area contributed by atoms with E-state index >= 15 is 0 Å². The van der Waals surface area contributed by atoms with Crippen molar-refractivity contribution < 1.29 is 19.3 Å². The molecule has 0 saturated carbocycles. The summed E-state index contributed by atoms with van der Waals surface area (Å²) in [5, 5.41) is 18.0. The predicted molar refractivity (Wildman–Crippen MR) is 59.5 cm³/mol. The van der Waals surface area contributed by atoms with Gasteiger partial charge in [0.05, 0.1) is 31.1 Å². The summed E-state index contributed by atoms with van der Waals surface area (Å²) in [5.41, 5.74) is 0.890. The van der Waals surface area contributed by atoms with Crippen molar-refractivity contribution in [3.05, 3.63) is 11.9 Å². The second-order valence-electron chi connectivity index (χ2n) is 4.90. The maximum Gasteiger partial charge on any atom is 0.186 e. The molecule has 18 heavy (non-hydrogen) atoms. The highest BCUT2D eigenvalue weighted by Crippen LogP contribution is 2.29. The number of hydrogen-bond donors (Lipinski definition) is 1. The molecular weight excluding hydrogens is 238 g/mol. The zero-order valence-corrected chi connectivity index (χ0v) is 10.4. The summed E-state index contributed by atoms with van der Waals surface area (Å²) >= 11 is 0. The number of fused-ring (bicyclic) bond motifs is 2. The Bertz CT molecular complexity index is 422. The van der Waals surface area contributed by atoms with Crippen LogP contribution in [0, 0.1) is 0 Å². The summed E-state index contributed by atoms with van der Waals surface area (Å²) in [4.78, 5) is 0. The van der Waals surface area contributed by atoms with Crippen molar-refractivity contribution in [1.29, 1.82) is 0 Å². The minimum Gasteiger partial charge on any atom is -0.385 e. The van der Waals surface area contributed by atoms with Crippen LogP contribution in [0.3, 0.4) is 0 Å². The first-order valence-corrected chi connectivity index (χ1v) is 6.13. The van der Waals surface area contributed by atoms with Gasteiger partial charge in [-0.3, -0.25) is 0 Å². The second-order valence-corrected chi connectivity index (χ2v) is 4.90. The minimum absolute atomic E-state index is 0.00563. The molecule has 0 bridgehead atoms. The molecule has 3 heterocycles. The summed E-state index contributed by atoms with van der Waals surface area (Å²) in [7, 11) is 0. The topological polar surface area (TPSA) is 78.6 Å². The van der Waals surface area contributed by atoms with Gasteiger partial charge in [0.25, 0.3) is 0 Å². The molecule has 4 atom stereocenters. The van der Waals surface area contributed by atoms with Crippen molar-refractivity contribution >= 4 is 0 Å². The van der Waals surface area contributed by atoms with Crippen LogP contribution in [0.15, 0.2) is 6.20 Å². The molecular formula is C11H17N3O4. The van der Waals surface area contributed by atoms with Gasteiger partial charge in [0.15, 0.2) is 6.29 Å². The van der Waals surface area contributed by atoms with Crippen molar-refractivity contribution in [3.8, 4) is 0 Å². The molecule has 7 nitrogen and oxygen atoms in total. The molecule has 1 N–H and O–H groups in total. The van der Waals surface area contributed by atoms with E-state index in [0.29, 0.717) is 13.2 Å². The third kappa shape index (κ3) is 2.03. The first kappa shape index (κ1) is 12.0. The van der Waals surface area contributed by atoms with Crippen LogP contribution in [0.4, 0.5) is 0 Å². The molecule has 0 aliphatic carbocycles. The SMILES string of the molecule is CC(C)O[C@@H]1O[C@@H]2Cn3nncc3CO[C@@H]2[C@H]1O. The van der Waals surface area contributed by atoms with Crippen LogP contribution in [0.25, 0.3) is 0 Å². The summed E-state index contributed by atoms with van der Waals surface area (Å²) in [6.45, 7) is 4.71. The molecule has 3 rings (SSSR count). The molecule has 2 aliphatic heterocycles. The van der Waals surface area contributed by atoms with Crippen LogP contribution in [0.2, 0.25) is 0 Å². The number of aromatic nitrogens is 3. The molecule has 7 heteroatoms. The van der Waals surface area contributed by atoms with Crippen molar-refractivity contribution in [2.45, 2.75) is 57.7 Å². The van der Waals surface area contributed by atoms with E-state index in [1.807, 2.05) is 13.8 Å². The Morgan fingerprint density at radius 2 is 2.39 bits per heavy atom. The van der Waals surface area contributed by atoms with E-state index in [2.05, 4.69) is 10.3 Å². The number of aliphatic hydroxyl groups is 1. The van der Waals surface area contributed by atoms with Gasteiger partial charge in [-0.05, 0) is 13.8 Å². The van der Waals surface area contributed by atoms with Crippen LogP contribution in [0.1, 0.15) is 19.5 Å². The number of aliphatic hydroxyl groups excluding tert-OH is 1. The molecule has 1 aromatic heterocycles. The van der Waals surface area contributed by atoms with E-state index < -0.39 is 12.4 Å². The van der Waals surface area contributed by atoms with Gasteiger partial charge < -0.3 is 19.3 Å². The van der Waals surface area contributed by atoms with Crippen molar-refractivity contribution in [2.24, 2.45) is 0 Å². The second kappa shape index (κ2) is 4.58. The Morgan fingerprint density at radius 3 is 3.17 bits per heavy atom. The Hall–Kier alpha value is -1.02. The van der Waals surface area contributed by atoms with Crippen molar-refractivity contribution in [2.75, 3.05) is 0 Å². The predicted octanol–water partition coefficient (Wildman–Crippen LogP) is -0.312. The number of rotatable bonds is 2. The van der Waals surface area contributed by atoms with Gasteiger partial charge in [-0.25, -0.2) is 4.68 Å². The molecule has 100 valence electrons. The van der Waals surface area contributed by atoms with Gasteiger partial charge in [0.1, 0.15) is 18.3 Å². The molecule has 1 fully saturated rings. The van der Waals surface area contributed by atoms with E-state index in [0.717, 1.165) is 5.69 Å². The molecule has 2 aliphatic rings. The smallest absolute Gasteiger partial charge is 0.186 e. The lowest BCUT2D eigenvalue weighted by molar-refractivity contribution is -0.185. The van der Waals surface area contributed by atoms with E-state index in [-0.39, 0.29) is 18.3 Å². The normalized spacial score (nSPS) is 35.3. The van der Waals surface area contributed by atoms with Gasteiger partial charge in [-0.15, -0.1) is 5.10 Å². The highest BCUT2D eigenvalue weighted by molar-refractivity contribution is 4.98. The highest BCUT2D eigenvalue weighted by atomic mass is 16.7. The summed E-state index contributed by atoms with van der Waals surface area (Å²) < 4.78 is 18.7. The molecule has 0 amide bonds. The lowest BCUT2D eigenvalue weighted by atomic mass is 10.1. The van der Waals surface area contributed by atoms with Crippen LogP contribution in [0.5, 0.6) is 0 Å². The average Bonchev–Trinajstić information content (AvgIpc) is 2.80. The monoisotopic (exact) mass is 255 g/mol. The Balaban J connectivity index is 1.75. The van der Waals surface area contributed by atoms with Gasteiger partial charge in [-0.1, -0.05) is 5.21 Å². The third-order valence-corrected chi connectivity index (χ3v) is 3.17. The van der Waals surface area contributed by atoms with E-state index in [1.165, 1.54) is 0 Å². The first-order valence-electron chi connectivity index (χ1n) is 6.13. The van der Waals surface area contributed by atoms with Crippen LogP contribution in [-0.4, -0.2) is 50.8 Å². The van der Waals surface area contributed by atoms with Crippen molar-refractivity contribution in [1.82, 2.24) is 15.0 Å². The fourth-order valence-electron chi connectivity index (χ4n) is 2.34. The summed E-state index contributed by atoms with van der Waals surface area (Å²) in [6, 6.07) is 0. The van der Waals surface area contributed by atoms with Crippen LogP contribution >= 0.6 is 0 Å². The fraction of sp³-hybridized carbons (Fsp3) is 0.818. The Kier molecular flexibility index (Phi) is 3.06. The summed E-state index contributed by atoms with van der Waals surface area (Å²) in [6.07, 6.45) is -0.383. The quantitative estimate of drug-likeness (QED) is 0.781. The van der Waals surface area contributed by atoms with E-state index in [1.54, 1.807) is 10.9 Å². The standard InChI is InChI=1S/C11H17N3O4/c1-6(2)17-11-9(15)10-8(18-11)4-14-7(5-16-10)3-12-13-14/h3,6,8-11,15H,4-5H2,1-2H3/t8-,9-,10+,11-/m1/s1. The van der Waals surface area contributed by atoms with Crippen molar-refractivity contribution in [3.63, 3.8) is 0 Å². The lowest BCUT2D eigenvalue weighted by Gasteiger charge is -2.19. The Labute approximate surface area is 105 Å². The molecule has 0 aromatic carbocycles. The zero-order chi connectivity index (χ0) is 12.7. The summed E-state index contributed by atoms with van der Waals surface area (Å²) in [5.74, 6) is 0. The van der Waals surface area contributed by atoms with E-state index in [9.17, 15) is 5.11 Å². The van der Waals surface area contributed by atoms with Gasteiger partial charge >= 0.3 is 0 Å². The molecule has 0 radical (unpaired) electrons. The third-order valence-electron chi connectivity index (χ3n) is 3.17. The van der Waals surface area contributed by atoms with E-state index in [4.69, 9.17) is 14.2 Å². The van der Waals surface area contributed by atoms with Crippen LogP contribution < -0.4 is 0 Å². The first-order chi connectivity index (χ1) is 8.65. The van der Waals surface area contributed by atoms with Crippen LogP contribution in [-0.2, 0) is 27.4 Å². The molecule has 1 aromatic rings. The largest absolute Gasteiger partial charge is 0.385 e. The maximum atomic E-state index is 10.2. The Morgan fingerprint density at radius 1 is 1.56 bits per heavy atom.